The second-order valence-electron chi connectivity index (χ2n) is 7.55. The zero-order chi connectivity index (χ0) is 21.1. The van der Waals surface area contributed by atoms with Gasteiger partial charge in [-0.05, 0) is 37.1 Å². The predicted molar refractivity (Wildman–Crippen MR) is 110 cm³/mol. The van der Waals surface area contributed by atoms with Crippen LogP contribution in [0.4, 0.5) is 0 Å². The van der Waals surface area contributed by atoms with E-state index in [-0.39, 0.29) is 42.6 Å². The molecule has 2 aliphatic rings. The third-order valence-corrected chi connectivity index (χ3v) is 5.65. The van der Waals surface area contributed by atoms with Gasteiger partial charge in [0.1, 0.15) is 0 Å². The largest absolute Gasteiger partial charge is 0.349 e. The third-order valence-electron chi connectivity index (χ3n) is 5.65. The van der Waals surface area contributed by atoms with E-state index in [9.17, 15) is 19.2 Å². The Hall–Kier alpha value is -3.48. The Bertz CT molecular complexity index is 946. The van der Waals surface area contributed by atoms with Crippen LogP contribution in [-0.4, -0.2) is 59.1 Å². The monoisotopic (exact) mass is 405 g/mol. The zero-order valence-electron chi connectivity index (χ0n) is 16.5. The summed E-state index contributed by atoms with van der Waals surface area (Å²) in [4.78, 5) is 52.5. The highest BCUT2D eigenvalue weighted by molar-refractivity contribution is 6.21. The number of hydrogen-bond donors (Lipinski definition) is 1. The van der Waals surface area contributed by atoms with Crippen molar-refractivity contribution in [1.82, 2.24) is 15.1 Å². The molecule has 0 aromatic heterocycles. The number of likely N-dealkylation sites (tertiary alicyclic amines) is 1. The fourth-order valence-corrected chi connectivity index (χ4v) is 3.94. The SMILES string of the molecule is O=C(NC1CCN(C(=O)CCN2C(=O)c3ccccc3C2=O)CC1)c1ccccc1. The molecule has 0 spiro atoms. The number of imide groups is 1. The van der Waals surface area contributed by atoms with Crippen LogP contribution in [0.3, 0.4) is 0 Å². The normalized spacial score (nSPS) is 16.5. The topological polar surface area (TPSA) is 86.8 Å². The smallest absolute Gasteiger partial charge is 0.261 e. The maximum Gasteiger partial charge on any atom is 0.261 e. The highest BCUT2D eigenvalue weighted by Crippen LogP contribution is 2.23. The van der Waals surface area contributed by atoms with E-state index in [2.05, 4.69) is 5.32 Å². The van der Waals surface area contributed by atoms with E-state index in [1.807, 2.05) is 18.2 Å². The summed E-state index contributed by atoms with van der Waals surface area (Å²) in [5, 5.41) is 3.02. The van der Waals surface area contributed by atoms with Gasteiger partial charge in [-0.3, -0.25) is 24.1 Å². The van der Waals surface area contributed by atoms with E-state index in [1.54, 1.807) is 41.3 Å². The van der Waals surface area contributed by atoms with Crippen molar-refractivity contribution in [3.63, 3.8) is 0 Å². The van der Waals surface area contributed by atoms with Crippen LogP contribution in [-0.2, 0) is 4.79 Å². The predicted octanol–water partition coefficient (Wildman–Crippen LogP) is 2.09. The van der Waals surface area contributed by atoms with Gasteiger partial charge in [-0.25, -0.2) is 0 Å². The highest BCUT2D eigenvalue weighted by atomic mass is 16.2. The maximum atomic E-state index is 12.6. The number of rotatable bonds is 5. The molecule has 2 aromatic carbocycles. The quantitative estimate of drug-likeness (QED) is 0.772. The van der Waals surface area contributed by atoms with Crippen molar-refractivity contribution in [2.75, 3.05) is 19.6 Å². The van der Waals surface area contributed by atoms with E-state index in [4.69, 9.17) is 0 Å². The molecular weight excluding hydrogens is 382 g/mol. The van der Waals surface area contributed by atoms with Crippen LogP contribution < -0.4 is 5.32 Å². The lowest BCUT2D eigenvalue weighted by molar-refractivity contribution is -0.132. The minimum absolute atomic E-state index is 0.0259. The Morgan fingerprint density at radius 1 is 0.867 bits per heavy atom. The number of amides is 4. The van der Waals surface area contributed by atoms with Crippen LogP contribution in [0.15, 0.2) is 54.6 Å². The van der Waals surface area contributed by atoms with Gasteiger partial charge in [0, 0.05) is 37.7 Å². The van der Waals surface area contributed by atoms with Crippen LogP contribution in [0, 0.1) is 0 Å². The number of nitrogens with zero attached hydrogens (tertiary/aromatic N) is 2. The Morgan fingerprint density at radius 3 is 2.03 bits per heavy atom. The summed E-state index contributed by atoms with van der Waals surface area (Å²) in [6, 6.07) is 15.8. The first-order valence-electron chi connectivity index (χ1n) is 10.1. The maximum absolute atomic E-state index is 12.6. The molecule has 0 bridgehead atoms. The second-order valence-corrected chi connectivity index (χ2v) is 7.55. The first-order valence-corrected chi connectivity index (χ1v) is 10.1. The average molecular weight is 405 g/mol. The Balaban J connectivity index is 1.25. The average Bonchev–Trinajstić information content (AvgIpc) is 3.03. The molecule has 0 unspecified atom stereocenters. The molecule has 0 aliphatic carbocycles. The zero-order valence-corrected chi connectivity index (χ0v) is 16.5. The molecule has 7 heteroatoms. The van der Waals surface area contributed by atoms with Gasteiger partial charge < -0.3 is 10.2 Å². The van der Waals surface area contributed by atoms with E-state index in [0.717, 1.165) is 4.90 Å². The van der Waals surface area contributed by atoms with Crippen LogP contribution in [0.5, 0.6) is 0 Å². The van der Waals surface area contributed by atoms with E-state index in [0.29, 0.717) is 42.6 Å². The molecule has 2 aliphatic heterocycles. The van der Waals surface area contributed by atoms with Crippen molar-refractivity contribution < 1.29 is 19.2 Å². The summed E-state index contributed by atoms with van der Waals surface area (Å²) in [7, 11) is 0. The molecular formula is C23H23N3O4. The van der Waals surface area contributed by atoms with Crippen molar-refractivity contribution in [3.05, 3.63) is 71.3 Å². The standard InChI is InChI=1S/C23H23N3O4/c27-20(12-15-26-22(29)18-8-4-5-9-19(18)23(26)30)25-13-10-17(11-14-25)24-21(28)16-6-2-1-3-7-16/h1-9,17H,10-15H2,(H,24,28). The van der Waals surface area contributed by atoms with E-state index >= 15 is 0 Å². The van der Waals surface area contributed by atoms with Crippen LogP contribution in [0.25, 0.3) is 0 Å². The summed E-state index contributed by atoms with van der Waals surface area (Å²) in [6.45, 7) is 1.16. The molecule has 1 saturated heterocycles. The molecule has 7 nitrogen and oxygen atoms in total. The van der Waals surface area contributed by atoms with Crippen molar-refractivity contribution in [2.45, 2.75) is 25.3 Å². The summed E-state index contributed by atoms with van der Waals surface area (Å²) in [5.74, 6) is -0.873. The number of piperidine rings is 1. The molecule has 1 N–H and O–H groups in total. The summed E-state index contributed by atoms with van der Waals surface area (Å²) >= 11 is 0. The third kappa shape index (κ3) is 3.96. The molecule has 30 heavy (non-hydrogen) atoms. The Kier molecular flexibility index (Phi) is 5.61. The molecule has 1 fully saturated rings. The number of nitrogens with one attached hydrogen (secondary N) is 1. The summed E-state index contributed by atoms with van der Waals surface area (Å²) in [5.41, 5.74) is 1.41. The number of carbonyl (C=O) groups is 4. The van der Waals surface area contributed by atoms with Crippen molar-refractivity contribution in [1.29, 1.82) is 0 Å². The van der Waals surface area contributed by atoms with Gasteiger partial charge >= 0.3 is 0 Å². The Labute approximate surface area is 174 Å². The first-order chi connectivity index (χ1) is 14.5. The molecule has 4 amide bonds. The molecule has 0 atom stereocenters. The first kappa shape index (κ1) is 19.8. The van der Waals surface area contributed by atoms with Gasteiger partial charge in [0.15, 0.2) is 0 Å². The second kappa shape index (κ2) is 8.49. The summed E-state index contributed by atoms with van der Waals surface area (Å²) in [6.07, 6.45) is 1.46. The van der Waals surface area contributed by atoms with Crippen molar-refractivity contribution in [3.8, 4) is 0 Å². The fourth-order valence-electron chi connectivity index (χ4n) is 3.94. The van der Waals surface area contributed by atoms with E-state index < -0.39 is 0 Å². The van der Waals surface area contributed by atoms with Gasteiger partial charge in [0.2, 0.25) is 5.91 Å². The van der Waals surface area contributed by atoms with E-state index in [1.165, 1.54) is 0 Å². The lowest BCUT2D eigenvalue weighted by atomic mass is 10.0. The van der Waals surface area contributed by atoms with Gasteiger partial charge in [0.05, 0.1) is 11.1 Å². The number of carbonyl (C=O) groups excluding carboxylic acids is 4. The molecule has 154 valence electrons. The van der Waals surface area contributed by atoms with Gasteiger partial charge in [-0.15, -0.1) is 0 Å². The minimum atomic E-state index is -0.342. The Morgan fingerprint density at radius 2 is 1.43 bits per heavy atom. The highest BCUT2D eigenvalue weighted by Gasteiger charge is 2.35. The van der Waals surface area contributed by atoms with Crippen LogP contribution >= 0.6 is 0 Å². The fraction of sp³-hybridized carbons (Fsp3) is 0.304. The molecule has 2 heterocycles. The van der Waals surface area contributed by atoms with Crippen molar-refractivity contribution in [2.24, 2.45) is 0 Å². The number of fused-ring (bicyclic) bond motifs is 1. The lowest BCUT2D eigenvalue weighted by Crippen LogP contribution is -2.47. The number of benzene rings is 2. The van der Waals surface area contributed by atoms with Crippen LogP contribution in [0.1, 0.15) is 50.3 Å². The van der Waals surface area contributed by atoms with Gasteiger partial charge in [0.25, 0.3) is 17.7 Å². The summed E-state index contributed by atoms with van der Waals surface area (Å²) < 4.78 is 0. The van der Waals surface area contributed by atoms with Crippen LogP contribution in [0.2, 0.25) is 0 Å². The van der Waals surface area contributed by atoms with Gasteiger partial charge in [-0.2, -0.15) is 0 Å². The molecule has 0 saturated carbocycles. The minimum Gasteiger partial charge on any atom is -0.349 e. The van der Waals surface area contributed by atoms with Crippen molar-refractivity contribution >= 4 is 23.6 Å². The number of hydrogen-bond acceptors (Lipinski definition) is 4. The molecule has 2 aromatic rings. The molecule has 4 rings (SSSR count). The lowest BCUT2D eigenvalue weighted by Gasteiger charge is -2.32. The van der Waals surface area contributed by atoms with Gasteiger partial charge in [-0.1, -0.05) is 30.3 Å². The molecule has 0 radical (unpaired) electrons.